The van der Waals surface area contributed by atoms with E-state index >= 15 is 0 Å². The van der Waals surface area contributed by atoms with Crippen molar-refractivity contribution in [1.82, 2.24) is 5.32 Å². The lowest BCUT2D eigenvalue weighted by Gasteiger charge is -2.31. The highest BCUT2D eigenvalue weighted by molar-refractivity contribution is 5.69. The number of fused-ring (bicyclic) bond motifs is 3. The largest absolute Gasteiger partial charge is 0.418 e. The average molecular weight is 312 g/mol. The van der Waals surface area contributed by atoms with E-state index in [1.165, 1.54) is 6.07 Å². The molecule has 5 heteroatoms. The summed E-state index contributed by atoms with van der Waals surface area (Å²) in [5.41, 5.74) is 1.23. The van der Waals surface area contributed by atoms with E-state index in [0.29, 0.717) is 5.69 Å². The van der Waals surface area contributed by atoms with Crippen LogP contribution >= 0.6 is 0 Å². The van der Waals surface area contributed by atoms with E-state index < -0.39 is 11.7 Å². The van der Waals surface area contributed by atoms with Crippen LogP contribution in [-0.2, 0) is 11.6 Å². The summed E-state index contributed by atoms with van der Waals surface area (Å²) < 4.78 is 40.9. The van der Waals surface area contributed by atoms with Crippen molar-refractivity contribution in [3.05, 3.63) is 28.8 Å². The van der Waals surface area contributed by atoms with Crippen molar-refractivity contribution in [3.63, 3.8) is 0 Å². The zero-order valence-corrected chi connectivity index (χ0v) is 13.5. The van der Waals surface area contributed by atoms with Gasteiger partial charge in [-0.3, -0.25) is 0 Å². The minimum absolute atomic E-state index is 0.150. The zero-order chi connectivity index (χ0) is 16.3. The van der Waals surface area contributed by atoms with Gasteiger partial charge in [-0.05, 0) is 35.6 Å². The van der Waals surface area contributed by atoms with Gasteiger partial charge in [0.2, 0.25) is 0 Å². The van der Waals surface area contributed by atoms with E-state index in [-0.39, 0.29) is 17.4 Å². The second-order valence-corrected chi connectivity index (χ2v) is 7.49. The number of alkyl halides is 3. The molecule has 22 heavy (non-hydrogen) atoms. The van der Waals surface area contributed by atoms with Crippen molar-refractivity contribution in [3.8, 4) is 0 Å². The van der Waals surface area contributed by atoms with Gasteiger partial charge in [0.15, 0.2) is 0 Å². The van der Waals surface area contributed by atoms with Crippen LogP contribution in [0.15, 0.2) is 12.1 Å². The summed E-state index contributed by atoms with van der Waals surface area (Å²) in [6.07, 6.45) is -3.43. The van der Waals surface area contributed by atoms with Crippen molar-refractivity contribution in [2.24, 2.45) is 0 Å². The Morgan fingerprint density at radius 3 is 2.45 bits per heavy atom. The topological polar surface area (TPSA) is 15.3 Å². The van der Waals surface area contributed by atoms with Crippen LogP contribution in [0.4, 0.5) is 18.9 Å². The molecule has 2 atom stereocenters. The summed E-state index contributed by atoms with van der Waals surface area (Å²) in [6, 6.07) is 3.52. The SMILES string of the molecule is CN1c2c(cc(C(C)(C)C)cc2C(F)(F)F)[C@H]2CNCC[C@H]21. The molecular formula is C17H23F3N2. The minimum atomic E-state index is -4.32. The second kappa shape index (κ2) is 4.88. The van der Waals surface area contributed by atoms with Gasteiger partial charge in [-0.25, -0.2) is 0 Å². The third kappa shape index (κ3) is 2.39. The Morgan fingerprint density at radius 1 is 1.18 bits per heavy atom. The summed E-state index contributed by atoms with van der Waals surface area (Å²) in [4.78, 5) is 1.86. The first-order chi connectivity index (χ1) is 10.1. The van der Waals surface area contributed by atoms with Gasteiger partial charge in [0.05, 0.1) is 11.3 Å². The molecule has 2 aliphatic rings. The standard InChI is InChI=1S/C17H23F3N2/c1-16(2,3)10-7-11-12-9-21-6-5-14(12)22(4)15(11)13(8-10)17(18,19)20/h7-8,12,14,21H,5-6,9H2,1-4H3/t12-,14-/m1/s1. The van der Waals surface area contributed by atoms with Crippen molar-refractivity contribution < 1.29 is 13.2 Å². The Morgan fingerprint density at radius 2 is 1.86 bits per heavy atom. The molecule has 0 aliphatic carbocycles. The number of nitrogens with one attached hydrogen (secondary N) is 1. The number of likely N-dealkylation sites (N-methyl/N-ethyl adjacent to an activating group) is 1. The highest BCUT2D eigenvalue weighted by Gasteiger charge is 2.45. The van der Waals surface area contributed by atoms with Crippen LogP contribution in [0, 0.1) is 0 Å². The molecule has 1 aromatic rings. The Labute approximate surface area is 129 Å². The van der Waals surface area contributed by atoms with E-state index in [4.69, 9.17) is 0 Å². The van der Waals surface area contributed by atoms with Crippen molar-refractivity contribution in [2.45, 2.75) is 50.7 Å². The van der Waals surface area contributed by atoms with Crippen LogP contribution in [0.3, 0.4) is 0 Å². The van der Waals surface area contributed by atoms with Crippen LogP contribution in [0.1, 0.15) is 49.8 Å². The van der Waals surface area contributed by atoms with Gasteiger partial charge >= 0.3 is 6.18 Å². The summed E-state index contributed by atoms with van der Waals surface area (Å²) in [5, 5.41) is 3.33. The van der Waals surface area contributed by atoms with Crippen molar-refractivity contribution in [2.75, 3.05) is 25.0 Å². The van der Waals surface area contributed by atoms with Crippen molar-refractivity contribution in [1.29, 1.82) is 0 Å². The van der Waals surface area contributed by atoms with Crippen LogP contribution < -0.4 is 10.2 Å². The molecule has 3 rings (SSSR count). The maximum absolute atomic E-state index is 13.6. The predicted octanol–water partition coefficient (Wildman–Crippen LogP) is 3.90. The van der Waals surface area contributed by atoms with E-state index in [1.807, 2.05) is 31.7 Å². The molecule has 2 heterocycles. The van der Waals surface area contributed by atoms with Gasteiger partial charge in [0, 0.05) is 25.6 Å². The molecule has 0 unspecified atom stereocenters. The molecule has 0 aromatic heterocycles. The van der Waals surface area contributed by atoms with Gasteiger partial charge in [-0.2, -0.15) is 13.2 Å². The fourth-order valence-electron chi connectivity index (χ4n) is 3.77. The lowest BCUT2D eigenvalue weighted by Crippen LogP contribution is -2.42. The molecule has 1 aromatic carbocycles. The molecule has 1 fully saturated rings. The third-order valence-electron chi connectivity index (χ3n) is 5.01. The van der Waals surface area contributed by atoms with Crippen LogP contribution in [0.25, 0.3) is 0 Å². The Kier molecular flexibility index (Phi) is 3.47. The molecule has 1 N–H and O–H groups in total. The van der Waals surface area contributed by atoms with Gasteiger partial charge < -0.3 is 10.2 Å². The smallest absolute Gasteiger partial charge is 0.370 e. The predicted molar refractivity (Wildman–Crippen MR) is 82.6 cm³/mol. The molecule has 0 radical (unpaired) electrons. The summed E-state index contributed by atoms with van der Waals surface area (Å²) in [6.45, 7) is 7.51. The number of anilines is 1. The van der Waals surface area contributed by atoms with Gasteiger partial charge in [-0.1, -0.05) is 26.8 Å². The van der Waals surface area contributed by atoms with Gasteiger partial charge in [0.1, 0.15) is 0 Å². The van der Waals surface area contributed by atoms with Crippen LogP contribution in [0.2, 0.25) is 0 Å². The number of halogens is 3. The maximum Gasteiger partial charge on any atom is 0.418 e. The number of nitrogens with zero attached hydrogens (tertiary/aromatic N) is 1. The fraction of sp³-hybridized carbons (Fsp3) is 0.647. The van der Waals surface area contributed by atoms with Crippen LogP contribution in [0.5, 0.6) is 0 Å². The monoisotopic (exact) mass is 312 g/mol. The maximum atomic E-state index is 13.6. The fourth-order valence-corrected chi connectivity index (χ4v) is 3.77. The Bertz CT molecular complexity index is 587. The Hall–Kier alpha value is -1.23. The van der Waals surface area contributed by atoms with Crippen LogP contribution in [-0.4, -0.2) is 26.2 Å². The minimum Gasteiger partial charge on any atom is -0.370 e. The summed E-state index contributed by atoms with van der Waals surface area (Å²) in [7, 11) is 1.81. The number of hydrogen-bond acceptors (Lipinski definition) is 2. The van der Waals surface area contributed by atoms with Gasteiger partial charge in [-0.15, -0.1) is 0 Å². The molecule has 0 bridgehead atoms. The lowest BCUT2D eigenvalue weighted by atomic mass is 9.82. The first-order valence-corrected chi connectivity index (χ1v) is 7.80. The zero-order valence-electron chi connectivity index (χ0n) is 13.5. The molecule has 2 aliphatic heterocycles. The van der Waals surface area contributed by atoms with E-state index in [0.717, 1.165) is 30.6 Å². The molecule has 0 saturated carbocycles. The summed E-state index contributed by atoms with van der Waals surface area (Å²) in [5.74, 6) is 0.150. The van der Waals surface area contributed by atoms with Gasteiger partial charge in [0.25, 0.3) is 0 Å². The number of piperidine rings is 1. The first kappa shape index (κ1) is 15.7. The normalized spacial score (nSPS) is 25.1. The molecule has 0 amide bonds. The van der Waals surface area contributed by atoms with E-state index in [9.17, 15) is 13.2 Å². The molecule has 1 saturated heterocycles. The van der Waals surface area contributed by atoms with E-state index in [1.54, 1.807) is 7.05 Å². The quantitative estimate of drug-likeness (QED) is 0.781. The molecular weight excluding hydrogens is 289 g/mol. The molecule has 2 nitrogen and oxygen atoms in total. The number of benzene rings is 1. The average Bonchev–Trinajstić information content (AvgIpc) is 2.70. The molecule has 122 valence electrons. The Balaban J connectivity index is 2.23. The lowest BCUT2D eigenvalue weighted by molar-refractivity contribution is -0.137. The second-order valence-electron chi connectivity index (χ2n) is 7.49. The number of hydrogen-bond donors (Lipinski definition) is 1. The van der Waals surface area contributed by atoms with E-state index in [2.05, 4.69) is 5.32 Å². The van der Waals surface area contributed by atoms with Crippen molar-refractivity contribution >= 4 is 5.69 Å². The number of rotatable bonds is 0. The molecule has 0 spiro atoms. The highest BCUT2D eigenvalue weighted by atomic mass is 19.4. The third-order valence-corrected chi connectivity index (χ3v) is 5.01. The summed E-state index contributed by atoms with van der Waals surface area (Å²) >= 11 is 0. The first-order valence-electron chi connectivity index (χ1n) is 7.80. The highest BCUT2D eigenvalue weighted by Crippen LogP contribution is 2.50.